The Morgan fingerprint density at radius 3 is 2.18 bits per heavy atom. The van der Waals surface area contributed by atoms with Crippen molar-refractivity contribution in [3.8, 4) is 39.5 Å². The fourth-order valence-electron chi connectivity index (χ4n) is 8.84. The van der Waals surface area contributed by atoms with E-state index >= 15 is 0 Å². The number of hydrogen-bond acceptors (Lipinski definition) is 4. The SMILES string of the molecule is CC(C)(C)c1ccc2c(n1)oc1c(-c3nc4ccccc4n3-c3ccc(-c4ccccc4)cc3)[c-]ccc12.[CH3][Ge]([CH3])([CH3])[c]1cnc(-c2[c-]cccc2)cc1CC1CCCCC1.[Ir]. The minimum Gasteiger partial charge on any atom is 0 e. The molecule has 9 aromatic rings. The number of imidazole rings is 1. The molecular formula is C55H54GeIrN4O-2. The molecule has 315 valence electrons. The summed E-state index contributed by atoms with van der Waals surface area (Å²) in [7, 11) is 0. The second-order valence-corrected chi connectivity index (χ2v) is 29.2. The maximum Gasteiger partial charge on any atom is 0 e. The van der Waals surface area contributed by atoms with Gasteiger partial charge in [0.2, 0.25) is 5.71 Å². The zero-order chi connectivity index (χ0) is 42.1. The number of pyridine rings is 2. The standard InChI is InChI=1S/C34H26N3O.C21H28GeN.Ir/c1-34(2,3)30-21-20-26-25-12-9-13-27(31(25)38-33(26)36-30)32-35-28-14-7-8-15-29(28)37(32)24-18-16-23(17-19-24)22-10-5-4-6-11-22;1-22(2,3)20-16-23-21(18-12-8-5-9-13-18)15-19(20)14-17-10-6-4-7-11-17;/h4-12,14-21H,1-3H3;5,8-9,12,15-17H,4,6-7,10-11,14H2,1-3H3;/q2*-1;. The number of hydrogen-bond donors (Lipinski definition) is 0. The van der Waals surface area contributed by atoms with E-state index in [0.29, 0.717) is 5.71 Å². The molecule has 1 saturated carbocycles. The van der Waals surface area contributed by atoms with E-state index in [0.717, 1.165) is 67.3 Å². The van der Waals surface area contributed by atoms with Crippen molar-refractivity contribution in [2.24, 2.45) is 5.92 Å². The molecule has 7 heteroatoms. The van der Waals surface area contributed by atoms with Gasteiger partial charge in [-0.15, -0.1) is 18.2 Å². The van der Waals surface area contributed by atoms with Crippen LogP contribution >= 0.6 is 0 Å². The summed E-state index contributed by atoms with van der Waals surface area (Å²) in [4.78, 5) is 14.7. The molecule has 0 aliphatic heterocycles. The molecule has 1 aliphatic carbocycles. The van der Waals surface area contributed by atoms with Gasteiger partial charge in [0.25, 0.3) is 0 Å². The minimum atomic E-state index is -1.89. The van der Waals surface area contributed by atoms with Crippen molar-refractivity contribution < 1.29 is 24.5 Å². The molecule has 0 amide bonds. The summed E-state index contributed by atoms with van der Waals surface area (Å²) in [5.41, 5.74) is 12.3. The first-order valence-corrected chi connectivity index (χ1v) is 29.2. The van der Waals surface area contributed by atoms with Gasteiger partial charge in [-0.05, 0) is 47.5 Å². The van der Waals surface area contributed by atoms with Crippen LogP contribution in [0, 0.1) is 18.1 Å². The van der Waals surface area contributed by atoms with E-state index < -0.39 is 13.3 Å². The van der Waals surface area contributed by atoms with Crippen molar-refractivity contribution in [3.63, 3.8) is 0 Å². The van der Waals surface area contributed by atoms with Crippen LogP contribution in [0.15, 0.2) is 144 Å². The zero-order valence-corrected chi connectivity index (χ0v) is 41.1. The third-order valence-corrected chi connectivity index (χ3v) is 16.4. The first-order valence-electron chi connectivity index (χ1n) is 21.9. The van der Waals surface area contributed by atoms with Crippen LogP contribution in [-0.4, -0.2) is 32.8 Å². The molecule has 10 rings (SSSR count). The number of benzene rings is 5. The third kappa shape index (κ3) is 9.15. The number of rotatable bonds is 7. The van der Waals surface area contributed by atoms with E-state index in [1.165, 1.54) is 49.7 Å². The Bertz CT molecular complexity index is 2940. The third-order valence-electron chi connectivity index (χ3n) is 12.1. The Labute approximate surface area is 382 Å². The average Bonchev–Trinajstić information content (AvgIpc) is 3.86. The number of furan rings is 1. The molecule has 1 aliphatic rings. The van der Waals surface area contributed by atoms with Crippen molar-refractivity contribution in [1.82, 2.24) is 19.5 Å². The van der Waals surface area contributed by atoms with Crippen molar-refractivity contribution in [3.05, 3.63) is 163 Å². The summed E-state index contributed by atoms with van der Waals surface area (Å²) in [5, 5.41) is 2.01. The normalized spacial score (nSPS) is 13.5. The molecule has 0 saturated heterocycles. The Morgan fingerprint density at radius 1 is 0.726 bits per heavy atom. The summed E-state index contributed by atoms with van der Waals surface area (Å²) in [6, 6.07) is 52.8. The quantitative estimate of drug-likeness (QED) is 0.118. The monoisotopic (exact) mass is 1050 g/mol. The van der Waals surface area contributed by atoms with Gasteiger partial charge in [0.1, 0.15) is 0 Å². The molecule has 5 nitrogen and oxygen atoms in total. The van der Waals surface area contributed by atoms with E-state index in [9.17, 15) is 0 Å². The summed E-state index contributed by atoms with van der Waals surface area (Å²) < 4.78 is 10.2. The van der Waals surface area contributed by atoms with Crippen molar-refractivity contribution in [2.75, 3.05) is 0 Å². The summed E-state index contributed by atoms with van der Waals surface area (Å²) in [6.07, 6.45) is 10.5. The van der Waals surface area contributed by atoms with Crippen LogP contribution in [0.25, 0.3) is 72.6 Å². The van der Waals surface area contributed by atoms with Gasteiger partial charge in [-0.1, -0.05) is 86.3 Å². The van der Waals surface area contributed by atoms with Crippen LogP contribution in [0.3, 0.4) is 0 Å². The largest absolute Gasteiger partial charge is 0 e. The molecule has 0 N–H and O–H groups in total. The minimum absolute atomic E-state index is 0. The Balaban J connectivity index is 0.000000190. The molecule has 1 fully saturated rings. The second kappa shape index (κ2) is 18.3. The Hall–Kier alpha value is -5.14. The second-order valence-electron chi connectivity index (χ2n) is 18.6. The van der Waals surface area contributed by atoms with E-state index in [2.05, 4.69) is 146 Å². The maximum atomic E-state index is 6.44. The van der Waals surface area contributed by atoms with Gasteiger partial charge < -0.3 is 8.98 Å². The summed E-state index contributed by atoms with van der Waals surface area (Å²) in [6.45, 7) is 6.48. The predicted octanol–water partition coefficient (Wildman–Crippen LogP) is 14.0. The van der Waals surface area contributed by atoms with Crippen LogP contribution in [0.5, 0.6) is 0 Å². The summed E-state index contributed by atoms with van der Waals surface area (Å²) >= 11 is -1.89. The van der Waals surface area contributed by atoms with E-state index in [4.69, 9.17) is 19.4 Å². The van der Waals surface area contributed by atoms with E-state index in [1.54, 1.807) is 9.96 Å². The Kier molecular flexibility index (Phi) is 12.8. The smallest absolute Gasteiger partial charge is 0 e. The first-order chi connectivity index (χ1) is 29.5. The molecule has 0 atom stereocenters. The van der Waals surface area contributed by atoms with Gasteiger partial charge in [0, 0.05) is 42.3 Å². The molecule has 1 radical (unpaired) electrons. The van der Waals surface area contributed by atoms with Crippen molar-refractivity contribution >= 4 is 50.8 Å². The molecule has 4 aromatic heterocycles. The van der Waals surface area contributed by atoms with Crippen LogP contribution in [-0.2, 0) is 31.9 Å². The first kappa shape index (κ1) is 43.5. The molecule has 0 bridgehead atoms. The number of fused-ring (bicyclic) bond motifs is 4. The maximum absolute atomic E-state index is 6.44. The summed E-state index contributed by atoms with van der Waals surface area (Å²) in [5.74, 6) is 9.11. The van der Waals surface area contributed by atoms with Crippen molar-refractivity contribution in [1.29, 1.82) is 0 Å². The van der Waals surface area contributed by atoms with Gasteiger partial charge in [0.15, 0.2) is 0 Å². The number of aromatic nitrogens is 4. The van der Waals surface area contributed by atoms with Crippen LogP contribution in [0.1, 0.15) is 64.1 Å². The van der Waals surface area contributed by atoms with Crippen LogP contribution in [0.2, 0.25) is 17.3 Å². The Morgan fingerprint density at radius 2 is 1.45 bits per heavy atom. The van der Waals surface area contributed by atoms with Gasteiger partial charge in [-0.2, -0.15) is 0 Å². The molecule has 0 unspecified atom stereocenters. The number of para-hydroxylation sites is 2. The average molecular weight is 1050 g/mol. The molecule has 5 aromatic carbocycles. The van der Waals surface area contributed by atoms with E-state index in [-0.39, 0.29) is 25.5 Å². The molecular weight excluding hydrogens is 997 g/mol. The van der Waals surface area contributed by atoms with Crippen LogP contribution in [0.4, 0.5) is 0 Å². The topological polar surface area (TPSA) is 56.7 Å². The molecule has 0 spiro atoms. The predicted molar refractivity (Wildman–Crippen MR) is 256 cm³/mol. The zero-order valence-electron chi connectivity index (χ0n) is 36.6. The fraction of sp³-hybridized carbons (Fsp3) is 0.255. The van der Waals surface area contributed by atoms with Gasteiger partial charge in [-0.3, -0.25) is 4.98 Å². The van der Waals surface area contributed by atoms with Crippen LogP contribution < -0.4 is 4.40 Å². The van der Waals surface area contributed by atoms with Gasteiger partial charge >= 0.3 is 144 Å². The van der Waals surface area contributed by atoms with Crippen molar-refractivity contribution in [2.45, 2.75) is 82.0 Å². The molecule has 62 heavy (non-hydrogen) atoms. The van der Waals surface area contributed by atoms with Gasteiger partial charge in [-0.25, -0.2) is 4.98 Å². The molecule has 4 heterocycles. The number of nitrogens with zero attached hydrogens (tertiary/aromatic N) is 4. The van der Waals surface area contributed by atoms with Gasteiger partial charge in [0.05, 0.1) is 22.4 Å². The van der Waals surface area contributed by atoms with E-state index in [1.807, 2.05) is 48.5 Å². The fourth-order valence-corrected chi connectivity index (χ4v) is 12.2.